The molecule has 0 fully saturated rings. The Morgan fingerprint density at radius 3 is 2.67 bits per heavy atom. The van der Waals surface area contributed by atoms with E-state index in [0.29, 0.717) is 6.54 Å². The lowest BCUT2D eigenvalue weighted by molar-refractivity contribution is 0.199. The molecule has 0 amide bonds. The third kappa shape index (κ3) is 4.09. The maximum absolute atomic E-state index is 13.5. The van der Waals surface area contributed by atoms with Gasteiger partial charge in [0, 0.05) is 18.8 Å². The number of likely N-dealkylation sites (N-methyl/N-ethyl adjacent to an activating group) is 1. The molecule has 2 atom stereocenters. The molecular formula is C17H22FN3. The zero-order valence-electron chi connectivity index (χ0n) is 12.5. The summed E-state index contributed by atoms with van der Waals surface area (Å²) < 4.78 is 13.5. The number of pyridine rings is 1. The van der Waals surface area contributed by atoms with Crippen LogP contribution >= 0.6 is 0 Å². The summed E-state index contributed by atoms with van der Waals surface area (Å²) in [6.45, 7) is 2.72. The second kappa shape index (κ2) is 7.29. The Balaban J connectivity index is 2.23. The minimum Gasteiger partial charge on any atom is -0.326 e. The van der Waals surface area contributed by atoms with Gasteiger partial charge in [-0.1, -0.05) is 25.1 Å². The molecule has 0 saturated carbocycles. The summed E-state index contributed by atoms with van der Waals surface area (Å²) in [5.74, 6) is -0.230. The van der Waals surface area contributed by atoms with E-state index in [9.17, 15) is 4.39 Å². The molecule has 1 aromatic heterocycles. The second-order valence-electron chi connectivity index (χ2n) is 5.31. The Kier molecular flexibility index (Phi) is 5.42. The number of nitrogens with zero attached hydrogens (tertiary/aromatic N) is 2. The SMILES string of the molecule is CCC(N)C(c1cccc(F)c1)N(C)Cc1ccccn1. The van der Waals surface area contributed by atoms with Gasteiger partial charge >= 0.3 is 0 Å². The van der Waals surface area contributed by atoms with E-state index in [1.807, 2.05) is 38.2 Å². The van der Waals surface area contributed by atoms with Gasteiger partial charge in [-0.25, -0.2) is 4.39 Å². The highest BCUT2D eigenvalue weighted by molar-refractivity contribution is 5.22. The van der Waals surface area contributed by atoms with Crippen LogP contribution in [-0.4, -0.2) is 23.0 Å². The smallest absolute Gasteiger partial charge is 0.123 e. The number of nitrogens with two attached hydrogens (primary N) is 1. The van der Waals surface area contributed by atoms with Gasteiger partial charge in [0.2, 0.25) is 0 Å². The monoisotopic (exact) mass is 287 g/mol. The molecule has 0 spiro atoms. The molecule has 2 N–H and O–H groups in total. The third-order valence-electron chi connectivity index (χ3n) is 3.68. The van der Waals surface area contributed by atoms with Crippen LogP contribution in [0.25, 0.3) is 0 Å². The first kappa shape index (κ1) is 15.6. The van der Waals surface area contributed by atoms with Crippen molar-refractivity contribution >= 4 is 0 Å². The Bertz CT molecular complexity index is 559. The van der Waals surface area contributed by atoms with Gasteiger partial charge in [0.05, 0.1) is 11.7 Å². The molecule has 1 aromatic carbocycles. The summed E-state index contributed by atoms with van der Waals surface area (Å²) in [5, 5.41) is 0. The first-order chi connectivity index (χ1) is 10.1. The second-order valence-corrected chi connectivity index (χ2v) is 5.31. The molecule has 21 heavy (non-hydrogen) atoms. The number of hydrogen-bond acceptors (Lipinski definition) is 3. The molecule has 0 aliphatic rings. The molecule has 0 aliphatic carbocycles. The van der Waals surface area contributed by atoms with Crippen LogP contribution in [0.4, 0.5) is 4.39 Å². The van der Waals surface area contributed by atoms with E-state index in [0.717, 1.165) is 17.7 Å². The zero-order valence-corrected chi connectivity index (χ0v) is 12.5. The van der Waals surface area contributed by atoms with Crippen molar-refractivity contribution in [2.75, 3.05) is 7.05 Å². The standard InChI is InChI=1S/C17H22FN3/c1-3-16(19)17(13-7-6-8-14(18)11-13)21(2)12-15-9-4-5-10-20-15/h4-11,16-17H,3,12,19H2,1-2H3. The van der Waals surface area contributed by atoms with Gasteiger partial charge in [-0.3, -0.25) is 9.88 Å². The molecule has 2 aromatic rings. The summed E-state index contributed by atoms with van der Waals surface area (Å²) in [6, 6.07) is 12.4. The van der Waals surface area contributed by atoms with Crippen LogP contribution in [0, 0.1) is 5.82 Å². The van der Waals surface area contributed by atoms with E-state index in [1.54, 1.807) is 18.3 Å². The fourth-order valence-electron chi connectivity index (χ4n) is 2.59. The highest BCUT2D eigenvalue weighted by atomic mass is 19.1. The van der Waals surface area contributed by atoms with Crippen molar-refractivity contribution < 1.29 is 4.39 Å². The Hall–Kier alpha value is -1.78. The molecular weight excluding hydrogens is 265 g/mol. The van der Waals surface area contributed by atoms with Crippen molar-refractivity contribution in [3.05, 3.63) is 65.7 Å². The Morgan fingerprint density at radius 2 is 2.05 bits per heavy atom. The number of halogens is 1. The maximum atomic E-state index is 13.5. The zero-order chi connectivity index (χ0) is 15.2. The minimum absolute atomic E-state index is 0.0345. The summed E-state index contributed by atoms with van der Waals surface area (Å²) >= 11 is 0. The van der Waals surface area contributed by atoms with Crippen LogP contribution in [0.2, 0.25) is 0 Å². The van der Waals surface area contributed by atoms with E-state index < -0.39 is 0 Å². The van der Waals surface area contributed by atoms with E-state index >= 15 is 0 Å². The van der Waals surface area contributed by atoms with Crippen molar-refractivity contribution in [3.63, 3.8) is 0 Å². The van der Waals surface area contributed by atoms with Gasteiger partial charge in [-0.05, 0) is 43.3 Å². The first-order valence-electron chi connectivity index (χ1n) is 7.23. The summed E-state index contributed by atoms with van der Waals surface area (Å²) in [7, 11) is 2.00. The maximum Gasteiger partial charge on any atom is 0.123 e. The molecule has 0 radical (unpaired) electrons. The Labute approximate surface area is 125 Å². The van der Waals surface area contributed by atoms with E-state index in [-0.39, 0.29) is 17.9 Å². The van der Waals surface area contributed by atoms with Crippen LogP contribution in [0.15, 0.2) is 48.7 Å². The third-order valence-corrected chi connectivity index (χ3v) is 3.68. The predicted octanol–water partition coefficient (Wildman–Crippen LogP) is 3.13. The van der Waals surface area contributed by atoms with Gasteiger partial charge in [-0.2, -0.15) is 0 Å². The normalized spacial score (nSPS) is 14.1. The van der Waals surface area contributed by atoms with Gasteiger partial charge in [0.1, 0.15) is 5.82 Å². The molecule has 3 nitrogen and oxygen atoms in total. The van der Waals surface area contributed by atoms with Crippen molar-refractivity contribution in [2.24, 2.45) is 5.73 Å². The van der Waals surface area contributed by atoms with Gasteiger partial charge in [0.25, 0.3) is 0 Å². The van der Waals surface area contributed by atoms with Crippen LogP contribution in [0.1, 0.15) is 30.6 Å². The lowest BCUT2D eigenvalue weighted by Gasteiger charge is -2.32. The lowest BCUT2D eigenvalue weighted by atomic mass is 9.96. The van der Waals surface area contributed by atoms with Gasteiger partial charge in [-0.15, -0.1) is 0 Å². The fraction of sp³-hybridized carbons (Fsp3) is 0.353. The van der Waals surface area contributed by atoms with Crippen LogP contribution in [0.5, 0.6) is 0 Å². The fourth-order valence-corrected chi connectivity index (χ4v) is 2.59. The highest BCUT2D eigenvalue weighted by Crippen LogP contribution is 2.25. The van der Waals surface area contributed by atoms with Crippen molar-refractivity contribution in [2.45, 2.75) is 32.0 Å². The molecule has 4 heteroatoms. The van der Waals surface area contributed by atoms with Crippen molar-refractivity contribution in [3.8, 4) is 0 Å². The quantitative estimate of drug-likeness (QED) is 0.887. The average molecular weight is 287 g/mol. The van der Waals surface area contributed by atoms with Crippen LogP contribution in [-0.2, 0) is 6.54 Å². The minimum atomic E-state index is -0.230. The molecule has 2 unspecified atom stereocenters. The number of aromatic nitrogens is 1. The molecule has 1 heterocycles. The van der Waals surface area contributed by atoms with Crippen LogP contribution < -0.4 is 5.73 Å². The van der Waals surface area contributed by atoms with Crippen LogP contribution in [0.3, 0.4) is 0 Å². The number of benzene rings is 1. The average Bonchev–Trinajstić information content (AvgIpc) is 2.48. The predicted molar refractivity (Wildman–Crippen MR) is 83.1 cm³/mol. The largest absolute Gasteiger partial charge is 0.326 e. The number of rotatable bonds is 6. The van der Waals surface area contributed by atoms with Crippen molar-refractivity contribution in [1.82, 2.24) is 9.88 Å². The highest BCUT2D eigenvalue weighted by Gasteiger charge is 2.23. The molecule has 0 aliphatic heterocycles. The van der Waals surface area contributed by atoms with E-state index in [1.165, 1.54) is 6.07 Å². The molecule has 112 valence electrons. The lowest BCUT2D eigenvalue weighted by Crippen LogP contribution is -2.38. The summed E-state index contributed by atoms with van der Waals surface area (Å²) in [4.78, 5) is 6.47. The molecule has 0 saturated heterocycles. The topological polar surface area (TPSA) is 42.1 Å². The number of hydrogen-bond donors (Lipinski definition) is 1. The van der Waals surface area contributed by atoms with Gasteiger partial charge < -0.3 is 5.73 Å². The first-order valence-corrected chi connectivity index (χ1v) is 7.23. The van der Waals surface area contributed by atoms with Gasteiger partial charge in [0.15, 0.2) is 0 Å². The Morgan fingerprint density at radius 1 is 1.24 bits per heavy atom. The van der Waals surface area contributed by atoms with Crippen molar-refractivity contribution in [1.29, 1.82) is 0 Å². The molecule has 2 rings (SSSR count). The summed E-state index contributed by atoms with van der Waals surface area (Å²) in [5.41, 5.74) is 8.15. The van der Waals surface area contributed by atoms with E-state index in [2.05, 4.69) is 9.88 Å². The summed E-state index contributed by atoms with van der Waals surface area (Å²) in [6.07, 6.45) is 2.61. The van der Waals surface area contributed by atoms with E-state index in [4.69, 9.17) is 5.73 Å². The molecule has 0 bridgehead atoms.